The van der Waals surface area contributed by atoms with Crippen LogP contribution in [0.1, 0.15) is 0 Å². The monoisotopic (exact) mass is 533 g/mol. The summed E-state index contributed by atoms with van der Waals surface area (Å²) in [5, 5.41) is 3.85. The SMILES string of the molecule is COc1cc(OC)cc(N(CCOS(C)(=O)=O)c2ccc3ncc(-c4cnn(S(=O)O)c4)nc3c2)c1. The highest BCUT2D eigenvalue weighted by Crippen LogP contribution is 2.34. The highest BCUT2D eigenvalue weighted by atomic mass is 32.2. The molecule has 2 aromatic carbocycles. The molecule has 0 amide bonds. The Bertz CT molecular complexity index is 1500. The summed E-state index contributed by atoms with van der Waals surface area (Å²) in [5.41, 5.74) is 3.52. The Hall–Kier alpha value is -3.59. The second-order valence-corrected chi connectivity index (χ2v) is 10.0. The highest BCUT2D eigenvalue weighted by molar-refractivity contribution is 7.86. The lowest BCUT2D eigenvalue weighted by Crippen LogP contribution is -2.23. The Morgan fingerprint density at radius 2 is 1.75 bits per heavy atom. The summed E-state index contributed by atoms with van der Waals surface area (Å²) in [6.45, 7) is 0.0939. The maximum absolute atomic E-state index is 11.5. The molecular weight excluding hydrogens is 510 g/mol. The number of nitrogens with zero attached hydrogens (tertiary/aromatic N) is 5. The van der Waals surface area contributed by atoms with Crippen molar-refractivity contribution in [2.24, 2.45) is 0 Å². The normalized spacial score (nSPS) is 12.4. The maximum Gasteiger partial charge on any atom is 0.282 e. The van der Waals surface area contributed by atoms with Crippen molar-refractivity contribution in [2.75, 3.05) is 38.5 Å². The zero-order valence-electron chi connectivity index (χ0n) is 19.6. The fourth-order valence-electron chi connectivity index (χ4n) is 3.46. The second kappa shape index (κ2) is 10.6. The quantitative estimate of drug-likeness (QED) is 0.237. The van der Waals surface area contributed by atoms with E-state index in [1.165, 1.54) is 26.6 Å². The number of rotatable bonds is 10. The lowest BCUT2D eigenvalue weighted by atomic mass is 10.2. The van der Waals surface area contributed by atoms with Crippen molar-refractivity contribution in [1.82, 2.24) is 19.2 Å². The van der Waals surface area contributed by atoms with Crippen molar-refractivity contribution in [3.05, 3.63) is 55.0 Å². The number of methoxy groups -OCH3 is 2. The van der Waals surface area contributed by atoms with Crippen molar-refractivity contribution >= 4 is 43.8 Å². The molecule has 14 heteroatoms. The number of fused-ring (bicyclic) bond motifs is 1. The molecule has 0 saturated heterocycles. The van der Waals surface area contributed by atoms with Gasteiger partial charge in [0.15, 0.2) is 0 Å². The van der Waals surface area contributed by atoms with Crippen LogP contribution in [0.5, 0.6) is 11.5 Å². The number of benzene rings is 2. The van der Waals surface area contributed by atoms with Crippen LogP contribution in [0.15, 0.2) is 55.0 Å². The molecule has 1 atom stereocenters. The fourth-order valence-corrected chi connectivity index (χ4v) is 4.17. The minimum Gasteiger partial charge on any atom is -0.497 e. The van der Waals surface area contributed by atoms with Gasteiger partial charge in [0, 0.05) is 41.7 Å². The van der Waals surface area contributed by atoms with Gasteiger partial charge in [-0.25, -0.2) is 9.19 Å². The molecule has 0 spiro atoms. The average Bonchev–Trinajstić information content (AvgIpc) is 3.36. The Labute approximate surface area is 210 Å². The minimum absolute atomic E-state index is 0.0976. The summed E-state index contributed by atoms with van der Waals surface area (Å²) < 4.78 is 60.2. The number of aromatic nitrogens is 4. The molecular formula is C22H23N5O7S2. The molecule has 0 aliphatic heterocycles. The Morgan fingerprint density at radius 3 is 2.36 bits per heavy atom. The fraction of sp³-hybridized carbons (Fsp3) is 0.227. The molecule has 12 nitrogen and oxygen atoms in total. The first kappa shape index (κ1) is 25.5. The molecule has 0 radical (unpaired) electrons. The third-order valence-corrected chi connectivity index (χ3v) is 6.23. The van der Waals surface area contributed by atoms with E-state index in [0.29, 0.717) is 45.2 Å². The molecule has 4 aromatic rings. The van der Waals surface area contributed by atoms with Gasteiger partial charge >= 0.3 is 0 Å². The second-order valence-electron chi connectivity index (χ2n) is 7.54. The smallest absolute Gasteiger partial charge is 0.282 e. The molecule has 0 fully saturated rings. The average molecular weight is 534 g/mol. The van der Waals surface area contributed by atoms with E-state index in [0.717, 1.165) is 10.3 Å². The summed E-state index contributed by atoms with van der Waals surface area (Å²) in [7, 11) is -0.553. The summed E-state index contributed by atoms with van der Waals surface area (Å²) in [4.78, 5) is 10.9. The van der Waals surface area contributed by atoms with Gasteiger partial charge in [0.25, 0.3) is 21.4 Å². The molecule has 4 rings (SSSR count). The molecule has 2 heterocycles. The van der Waals surface area contributed by atoms with Crippen LogP contribution in [-0.2, 0) is 25.6 Å². The number of anilines is 2. The van der Waals surface area contributed by atoms with E-state index in [1.54, 1.807) is 36.5 Å². The Kier molecular flexibility index (Phi) is 7.49. The number of ether oxygens (including phenoxy) is 2. The molecule has 0 bridgehead atoms. The number of hydrogen-bond donors (Lipinski definition) is 1. The van der Waals surface area contributed by atoms with E-state index in [1.807, 2.05) is 11.0 Å². The van der Waals surface area contributed by atoms with Gasteiger partial charge in [-0.05, 0) is 18.2 Å². The van der Waals surface area contributed by atoms with Gasteiger partial charge in [0.2, 0.25) is 0 Å². The van der Waals surface area contributed by atoms with Crippen LogP contribution in [0.25, 0.3) is 22.3 Å². The summed E-state index contributed by atoms with van der Waals surface area (Å²) >= 11 is -2.28. The van der Waals surface area contributed by atoms with Gasteiger partial charge in [-0.1, -0.05) is 0 Å². The maximum atomic E-state index is 11.5. The van der Waals surface area contributed by atoms with Crippen LogP contribution in [0.3, 0.4) is 0 Å². The van der Waals surface area contributed by atoms with Crippen LogP contribution in [-0.4, -0.2) is 70.0 Å². The third kappa shape index (κ3) is 5.96. The van der Waals surface area contributed by atoms with Gasteiger partial charge in [0.1, 0.15) is 11.5 Å². The summed E-state index contributed by atoms with van der Waals surface area (Å²) in [6.07, 6.45) is 5.36. The van der Waals surface area contributed by atoms with Crippen LogP contribution in [0.4, 0.5) is 11.4 Å². The van der Waals surface area contributed by atoms with Crippen LogP contribution < -0.4 is 14.4 Å². The van der Waals surface area contributed by atoms with E-state index >= 15 is 0 Å². The third-order valence-electron chi connectivity index (χ3n) is 5.11. The molecule has 36 heavy (non-hydrogen) atoms. The predicted molar refractivity (Wildman–Crippen MR) is 134 cm³/mol. The van der Waals surface area contributed by atoms with Gasteiger partial charge in [-0.15, -0.1) is 0 Å². The topological polar surface area (TPSA) is 146 Å². The van der Waals surface area contributed by atoms with Crippen molar-refractivity contribution in [3.8, 4) is 22.8 Å². The van der Waals surface area contributed by atoms with Gasteiger partial charge in [0.05, 0.1) is 62.4 Å². The van der Waals surface area contributed by atoms with Gasteiger partial charge < -0.3 is 14.4 Å². The first-order chi connectivity index (χ1) is 17.2. The molecule has 1 unspecified atom stereocenters. The molecule has 0 aliphatic carbocycles. The summed E-state index contributed by atoms with van der Waals surface area (Å²) in [6, 6.07) is 10.7. The van der Waals surface area contributed by atoms with E-state index < -0.39 is 21.4 Å². The first-order valence-electron chi connectivity index (χ1n) is 10.4. The minimum atomic E-state index is -3.63. The van der Waals surface area contributed by atoms with Gasteiger partial charge in [-0.2, -0.15) is 17.6 Å². The lowest BCUT2D eigenvalue weighted by Gasteiger charge is -2.26. The summed E-state index contributed by atoms with van der Waals surface area (Å²) in [5.74, 6) is 1.11. The van der Waals surface area contributed by atoms with Crippen LogP contribution >= 0.6 is 0 Å². The van der Waals surface area contributed by atoms with Gasteiger partial charge in [-0.3, -0.25) is 13.7 Å². The molecule has 190 valence electrons. The van der Waals surface area contributed by atoms with Crippen molar-refractivity contribution in [2.45, 2.75) is 0 Å². The first-order valence-corrected chi connectivity index (χ1v) is 13.3. The lowest BCUT2D eigenvalue weighted by molar-refractivity contribution is 0.330. The largest absolute Gasteiger partial charge is 0.497 e. The predicted octanol–water partition coefficient (Wildman–Crippen LogP) is 2.61. The Balaban J connectivity index is 1.76. The standard InChI is InChI=1S/C22H23N5O7S2/c1-32-18-8-17(9-19(11-18)33-2)26(6-7-34-36(3,30)31)16-4-5-20-21(10-16)25-22(13-23-20)15-12-24-27(14-15)35(28)29/h4-5,8-14H,6-7H2,1-3H3,(H,28,29). The van der Waals surface area contributed by atoms with E-state index in [2.05, 4.69) is 15.1 Å². The molecule has 0 aliphatic rings. The van der Waals surface area contributed by atoms with Crippen molar-refractivity contribution in [1.29, 1.82) is 0 Å². The number of hydrogen-bond acceptors (Lipinski definition) is 10. The molecule has 0 saturated carbocycles. The van der Waals surface area contributed by atoms with E-state index in [-0.39, 0.29) is 13.2 Å². The Morgan fingerprint density at radius 1 is 1.03 bits per heavy atom. The van der Waals surface area contributed by atoms with Crippen LogP contribution in [0.2, 0.25) is 0 Å². The highest BCUT2D eigenvalue weighted by Gasteiger charge is 2.16. The van der Waals surface area contributed by atoms with E-state index in [4.69, 9.17) is 13.7 Å². The van der Waals surface area contributed by atoms with Crippen LogP contribution in [0, 0.1) is 0 Å². The molecule has 1 N–H and O–H groups in total. The van der Waals surface area contributed by atoms with Crippen molar-refractivity contribution < 1.29 is 30.8 Å². The zero-order valence-corrected chi connectivity index (χ0v) is 21.2. The van der Waals surface area contributed by atoms with Crippen molar-refractivity contribution in [3.63, 3.8) is 0 Å². The zero-order chi connectivity index (χ0) is 25.9. The van der Waals surface area contributed by atoms with E-state index in [9.17, 15) is 17.2 Å². The molecule has 2 aromatic heterocycles.